The zero-order valence-electron chi connectivity index (χ0n) is 14.4. The number of pyridine rings is 1. The summed E-state index contributed by atoms with van der Waals surface area (Å²) in [5.41, 5.74) is 2.86. The van der Waals surface area contributed by atoms with E-state index < -0.39 is 0 Å². The Hall–Kier alpha value is -2.86. The highest BCUT2D eigenvalue weighted by atomic mass is 32.1. The van der Waals surface area contributed by atoms with Crippen LogP contribution in [0.2, 0.25) is 0 Å². The van der Waals surface area contributed by atoms with E-state index in [0.717, 1.165) is 32.9 Å². The summed E-state index contributed by atoms with van der Waals surface area (Å²) < 4.78 is 0. The van der Waals surface area contributed by atoms with Crippen molar-refractivity contribution in [1.29, 1.82) is 0 Å². The molecule has 0 aliphatic carbocycles. The van der Waals surface area contributed by atoms with Crippen molar-refractivity contribution in [2.75, 3.05) is 12.4 Å². The summed E-state index contributed by atoms with van der Waals surface area (Å²) in [5, 5.41) is 7.11. The van der Waals surface area contributed by atoms with Crippen LogP contribution in [0.3, 0.4) is 0 Å². The molecule has 0 aliphatic rings. The van der Waals surface area contributed by atoms with Crippen molar-refractivity contribution in [2.45, 2.75) is 13.8 Å². The minimum absolute atomic E-state index is 0.664. The van der Waals surface area contributed by atoms with E-state index in [1.54, 1.807) is 23.7 Å². The summed E-state index contributed by atoms with van der Waals surface area (Å²) in [6.07, 6.45) is 5.32. The smallest absolute Gasteiger partial charge is 0.163 e. The van der Waals surface area contributed by atoms with Gasteiger partial charge in [0.2, 0.25) is 0 Å². The highest BCUT2D eigenvalue weighted by molar-refractivity contribution is 7.13. The molecular weight excluding hydrogens is 330 g/mol. The lowest BCUT2D eigenvalue weighted by atomic mass is 10.1. The van der Waals surface area contributed by atoms with Crippen molar-refractivity contribution < 1.29 is 0 Å². The quantitative estimate of drug-likeness (QED) is 0.571. The maximum Gasteiger partial charge on any atom is 0.163 e. The molecular formula is C19H19N5S. The number of benzene rings is 1. The summed E-state index contributed by atoms with van der Waals surface area (Å²) in [4.78, 5) is 17.8. The molecule has 0 spiro atoms. The standard InChI is InChI=1S/C17H13N5S.C2H6/c1-18-16-13-9-11(17-20-7-8-23-17)4-5-14(13)21-15(22-16)12-3-2-6-19-10-12;1-2/h2-10H,1H3,(H,18,21,22);1-2H3. The first kappa shape index (κ1) is 17.0. The van der Waals surface area contributed by atoms with Gasteiger partial charge in [-0.25, -0.2) is 15.0 Å². The van der Waals surface area contributed by atoms with Crippen molar-refractivity contribution in [3.05, 3.63) is 54.3 Å². The van der Waals surface area contributed by atoms with Crippen LogP contribution in [0.15, 0.2) is 54.3 Å². The number of hydrogen-bond acceptors (Lipinski definition) is 6. The molecule has 5 nitrogen and oxygen atoms in total. The van der Waals surface area contributed by atoms with Crippen LogP contribution >= 0.6 is 11.3 Å². The Bertz CT molecular complexity index is 952. The molecule has 3 aromatic heterocycles. The van der Waals surface area contributed by atoms with Crippen molar-refractivity contribution in [1.82, 2.24) is 19.9 Å². The number of aromatic nitrogens is 4. The molecule has 0 atom stereocenters. The lowest BCUT2D eigenvalue weighted by molar-refractivity contribution is 1.20. The van der Waals surface area contributed by atoms with Crippen LogP contribution in [0.5, 0.6) is 0 Å². The van der Waals surface area contributed by atoms with E-state index in [0.29, 0.717) is 5.82 Å². The van der Waals surface area contributed by atoms with E-state index in [1.165, 1.54) is 0 Å². The molecule has 25 heavy (non-hydrogen) atoms. The molecule has 6 heteroatoms. The van der Waals surface area contributed by atoms with Gasteiger partial charge >= 0.3 is 0 Å². The van der Waals surface area contributed by atoms with Gasteiger partial charge in [0, 0.05) is 47.5 Å². The summed E-state index contributed by atoms with van der Waals surface area (Å²) >= 11 is 1.62. The fourth-order valence-electron chi connectivity index (χ4n) is 2.44. The average molecular weight is 349 g/mol. The molecule has 1 aromatic carbocycles. The maximum absolute atomic E-state index is 4.67. The van der Waals surface area contributed by atoms with Crippen LogP contribution in [0.4, 0.5) is 5.82 Å². The van der Waals surface area contributed by atoms with E-state index in [2.05, 4.69) is 31.3 Å². The lowest BCUT2D eigenvalue weighted by Gasteiger charge is -2.09. The van der Waals surface area contributed by atoms with E-state index in [-0.39, 0.29) is 0 Å². The maximum atomic E-state index is 4.67. The molecule has 0 bridgehead atoms. The summed E-state index contributed by atoms with van der Waals surface area (Å²) in [6, 6.07) is 9.97. The number of thiazole rings is 1. The third-order valence-corrected chi connectivity index (χ3v) is 4.35. The fourth-order valence-corrected chi connectivity index (χ4v) is 3.08. The molecule has 0 fully saturated rings. The number of fused-ring (bicyclic) bond motifs is 1. The zero-order chi connectivity index (χ0) is 17.6. The van der Waals surface area contributed by atoms with Gasteiger partial charge in [-0.3, -0.25) is 4.98 Å². The molecule has 1 N–H and O–H groups in total. The van der Waals surface area contributed by atoms with Crippen LogP contribution < -0.4 is 5.32 Å². The molecule has 4 aromatic rings. The SMILES string of the molecule is CC.CNc1nc(-c2cccnc2)nc2ccc(-c3nccs3)cc12. The predicted molar refractivity (Wildman–Crippen MR) is 105 cm³/mol. The fraction of sp³-hybridized carbons (Fsp3) is 0.158. The van der Waals surface area contributed by atoms with E-state index >= 15 is 0 Å². The third kappa shape index (κ3) is 3.49. The lowest BCUT2D eigenvalue weighted by Crippen LogP contribution is -1.99. The number of hydrogen-bond donors (Lipinski definition) is 1. The third-order valence-electron chi connectivity index (χ3n) is 3.53. The largest absolute Gasteiger partial charge is 0.373 e. The van der Waals surface area contributed by atoms with Crippen LogP contribution in [-0.4, -0.2) is 27.0 Å². The number of nitrogens with zero attached hydrogens (tertiary/aromatic N) is 4. The van der Waals surface area contributed by atoms with Gasteiger partial charge in [-0.15, -0.1) is 11.3 Å². The van der Waals surface area contributed by atoms with E-state index in [9.17, 15) is 0 Å². The number of rotatable bonds is 3. The van der Waals surface area contributed by atoms with Crippen molar-refractivity contribution in [2.24, 2.45) is 0 Å². The minimum atomic E-state index is 0.664. The van der Waals surface area contributed by atoms with Crippen LogP contribution in [0.1, 0.15) is 13.8 Å². The van der Waals surface area contributed by atoms with Crippen molar-refractivity contribution in [3.8, 4) is 22.0 Å². The molecule has 0 saturated carbocycles. The second kappa shape index (κ2) is 7.81. The van der Waals surface area contributed by atoms with Gasteiger partial charge in [0.1, 0.15) is 10.8 Å². The first-order chi connectivity index (χ1) is 12.3. The van der Waals surface area contributed by atoms with Gasteiger partial charge in [-0.05, 0) is 30.3 Å². The molecule has 0 radical (unpaired) electrons. The summed E-state index contributed by atoms with van der Waals surface area (Å²) in [5.74, 6) is 1.46. The van der Waals surface area contributed by atoms with Gasteiger partial charge in [0.05, 0.1) is 5.52 Å². The Kier molecular flexibility index (Phi) is 5.30. The van der Waals surface area contributed by atoms with Gasteiger partial charge in [-0.1, -0.05) is 13.8 Å². The topological polar surface area (TPSA) is 63.6 Å². The summed E-state index contributed by atoms with van der Waals surface area (Å²) in [7, 11) is 1.87. The van der Waals surface area contributed by atoms with Gasteiger partial charge in [-0.2, -0.15) is 0 Å². The van der Waals surface area contributed by atoms with Gasteiger partial charge < -0.3 is 5.32 Å². The summed E-state index contributed by atoms with van der Waals surface area (Å²) in [6.45, 7) is 4.00. The molecule has 0 unspecified atom stereocenters. The number of anilines is 1. The van der Waals surface area contributed by atoms with Gasteiger partial charge in [0.25, 0.3) is 0 Å². The van der Waals surface area contributed by atoms with Crippen LogP contribution in [0.25, 0.3) is 32.9 Å². The minimum Gasteiger partial charge on any atom is -0.373 e. The molecule has 4 rings (SSSR count). The highest BCUT2D eigenvalue weighted by Gasteiger charge is 2.10. The van der Waals surface area contributed by atoms with Crippen molar-refractivity contribution >= 4 is 28.1 Å². The molecule has 0 aliphatic heterocycles. The Balaban J connectivity index is 0.000000880. The average Bonchev–Trinajstić information content (AvgIpc) is 3.24. The molecule has 0 amide bonds. The monoisotopic (exact) mass is 349 g/mol. The first-order valence-corrected chi connectivity index (χ1v) is 9.03. The second-order valence-electron chi connectivity index (χ2n) is 4.96. The molecule has 3 heterocycles. The zero-order valence-corrected chi connectivity index (χ0v) is 15.2. The van der Waals surface area contributed by atoms with Crippen LogP contribution in [0, 0.1) is 0 Å². The second-order valence-corrected chi connectivity index (χ2v) is 5.85. The Morgan fingerprint density at radius 1 is 1.00 bits per heavy atom. The normalized spacial score (nSPS) is 10.2. The molecule has 0 saturated heterocycles. The van der Waals surface area contributed by atoms with Crippen LogP contribution in [-0.2, 0) is 0 Å². The van der Waals surface area contributed by atoms with E-state index in [1.807, 2.05) is 56.7 Å². The van der Waals surface area contributed by atoms with Crippen molar-refractivity contribution in [3.63, 3.8) is 0 Å². The van der Waals surface area contributed by atoms with Gasteiger partial charge in [0.15, 0.2) is 5.82 Å². The Morgan fingerprint density at radius 2 is 1.88 bits per heavy atom. The Labute approximate surface area is 150 Å². The predicted octanol–water partition coefficient (Wildman–Crippen LogP) is 4.88. The number of nitrogens with one attached hydrogen (secondary N) is 1. The Morgan fingerprint density at radius 3 is 2.56 bits per heavy atom. The molecule has 126 valence electrons. The highest BCUT2D eigenvalue weighted by Crippen LogP contribution is 2.30. The van der Waals surface area contributed by atoms with E-state index in [4.69, 9.17) is 0 Å². The first-order valence-electron chi connectivity index (χ1n) is 8.15.